The topological polar surface area (TPSA) is 35.2 Å². The third kappa shape index (κ3) is 4.18. The molecule has 4 heteroatoms. The van der Waals surface area contributed by atoms with E-state index in [-0.39, 0.29) is 11.6 Å². The first-order chi connectivity index (χ1) is 23.5. The Labute approximate surface area is 281 Å². The molecule has 2 atom stereocenters. The van der Waals surface area contributed by atoms with E-state index in [4.69, 9.17) is 0 Å². The van der Waals surface area contributed by atoms with Gasteiger partial charge in [0.05, 0.1) is 22.7 Å². The van der Waals surface area contributed by atoms with Gasteiger partial charge in [-0.3, -0.25) is 4.90 Å². The molecule has 0 saturated carbocycles. The quantitative estimate of drug-likeness (QED) is 0.184. The number of hydrogen-bond donors (Lipinski definition) is 0. The maximum atomic E-state index is 9.46. The van der Waals surface area contributed by atoms with Crippen LogP contribution in [-0.2, 0) is 5.41 Å². The number of nitriles is 1. The van der Waals surface area contributed by atoms with Crippen LogP contribution in [0, 0.1) is 11.3 Å². The Hall–Kier alpha value is -5.89. The summed E-state index contributed by atoms with van der Waals surface area (Å²) >= 11 is 0. The molecule has 0 aliphatic carbocycles. The van der Waals surface area contributed by atoms with E-state index in [1.54, 1.807) is 0 Å². The Balaban J connectivity index is 1.34. The van der Waals surface area contributed by atoms with Gasteiger partial charge >= 0.3 is 0 Å². The molecule has 2 aliphatic rings. The highest BCUT2D eigenvalue weighted by Crippen LogP contribution is 2.52. The molecule has 0 bridgehead atoms. The molecule has 1 aromatic heterocycles. The predicted molar refractivity (Wildman–Crippen MR) is 198 cm³/mol. The van der Waals surface area contributed by atoms with Crippen LogP contribution in [0.2, 0.25) is 0 Å². The number of fused-ring (bicyclic) bond motifs is 6. The fraction of sp³-hybridized carbons (Fsp3) is 0.114. The summed E-state index contributed by atoms with van der Waals surface area (Å²) < 4.78 is 2.42. The minimum Gasteiger partial charge on any atom is -0.324 e. The summed E-state index contributed by atoms with van der Waals surface area (Å²) in [6.07, 6.45) is 4.84. The summed E-state index contributed by atoms with van der Waals surface area (Å²) in [6, 6.07) is 52.2. The second-order valence-corrected chi connectivity index (χ2v) is 13.2. The van der Waals surface area contributed by atoms with Crippen molar-refractivity contribution in [2.24, 2.45) is 0 Å². The summed E-state index contributed by atoms with van der Waals surface area (Å²) in [5.74, 6) is 0. The summed E-state index contributed by atoms with van der Waals surface area (Å²) in [5.41, 5.74) is 12.3. The van der Waals surface area contributed by atoms with Crippen LogP contribution in [0.15, 0.2) is 152 Å². The van der Waals surface area contributed by atoms with Crippen LogP contribution in [0.3, 0.4) is 0 Å². The van der Waals surface area contributed by atoms with Gasteiger partial charge in [0, 0.05) is 39.8 Å². The predicted octanol–water partition coefficient (Wildman–Crippen LogP) is 10.2. The van der Waals surface area contributed by atoms with Gasteiger partial charge in [0.15, 0.2) is 0 Å². The molecular weight excluding hydrogens is 585 g/mol. The lowest BCUT2D eigenvalue weighted by Gasteiger charge is -2.43. The van der Waals surface area contributed by atoms with Crippen molar-refractivity contribution in [2.75, 3.05) is 18.5 Å². The molecule has 2 aliphatic heterocycles. The first kappa shape index (κ1) is 28.3. The molecule has 0 amide bonds. The summed E-state index contributed by atoms with van der Waals surface area (Å²) in [4.78, 5) is 5.03. The number of para-hydroxylation sites is 3. The first-order valence-electron chi connectivity index (χ1n) is 16.6. The highest BCUT2D eigenvalue weighted by molar-refractivity contribution is 6.09. The Morgan fingerprint density at radius 1 is 0.667 bits per heavy atom. The molecule has 0 spiro atoms. The number of aromatic nitrogens is 1. The van der Waals surface area contributed by atoms with Crippen LogP contribution in [0.1, 0.15) is 18.1 Å². The minimum absolute atomic E-state index is 0.120. The maximum Gasteiger partial charge on any atom is 0.100 e. The van der Waals surface area contributed by atoms with E-state index in [1.807, 2.05) is 12.1 Å². The number of nitrogens with zero attached hydrogens (tertiary/aromatic N) is 4. The van der Waals surface area contributed by atoms with E-state index in [0.29, 0.717) is 5.56 Å². The van der Waals surface area contributed by atoms with Crippen molar-refractivity contribution < 1.29 is 0 Å². The minimum atomic E-state index is -0.160. The van der Waals surface area contributed by atoms with E-state index in [1.165, 1.54) is 33.1 Å². The highest BCUT2D eigenvalue weighted by Gasteiger charge is 2.50. The lowest BCUT2D eigenvalue weighted by Crippen LogP contribution is -2.53. The van der Waals surface area contributed by atoms with Crippen molar-refractivity contribution in [1.82, 2.24) is 9.47 Å². The zero-order valence-corrected chi connectivity index (χ0v) is 27.0. The van der Waals surface area contributed by atoms with Gasteiger partial charge in [-0.2, -0.15) is 5.26 Å². The summed E-state index contributed by atoms with van der Waals surface area (Å²) in [7, 11) is 2.24. The Bertz CT molecular complexity index is 2390. The smallest absolute Gasteiger partial charge is 0.100 e. The number of anilines is 2. The number of likely N-dealkylation sites (N-methyl/N-ethyl adjacent to an activating group) is 1. The van der Waals surface area contributed by atoms with Crippen molar-refractivity contribution in [3.05, 3.63) is 163 Å². The SMILES string of the molecule is CN1CC=CC2(C)c3ccccc3N(c3cc(-c4ccccc4-c4ccc(C#N)cc4)cc(-n4c5ccccc5c5ccccc54)c3)C12. The Morgan fingerprint density at radius 2 is 1.27 bits per heavy atom. The molecule has 2 unspecified atom stereocenters. The molecule has 4 nitrogen and oxygen atoms in total. The fourth-order valence-corrected chi connectivity index (χ4v) is 8.28. The second-order valence-electron chi connectivity index (χ2n) is 13.2. The molecule has 0 N–H and O–H groups in total. The molecule has 0 fully saturated rings. The third-order valence-electron chi connectivity index (χ3n) is 10.4. The molecule has 9 rings (SSSR count). The van der Waals surface area contributed by atoms with Crippen molar-refractivity contribution >= 4 is 33.2 Å². The summed E-state index contributed by atoms with van der Waals surface area (Å²) in [5, 5.41) is 12.0. The number of hydrogen-bond acceptors (Lipinski definition) is 3. The van der Waals surface area contributed by atoms with Gasteiger partial charge in [0.2, 0.25) is 0 Å². The molecule has 6 aromatic carbocycles. The van der Waals surface area contributed by atoms with Crippen molar-refractivity contribution in [3.8, 4) is 34.0 Å². The molecule has 7 aromatic rings. The van der Waals surface area contributed by atoms with Crippen LogP contribution in [0.4, 0.5) is 11.4 Å². The summed E-state index contributed by atoms with van der Waals surface area (Å²) in [6.45, 7) is 3.27. The van der Waals surface area contributed by atoms with Crippen LogP contribution in [0.5, 0.6) is 0 Å². The van der Waals surface area contributed by atoms with E-state index in [2.05, 4.69) is 174 Å². The molecule has 48 heavy (non-hydrogen) atoms. The molecular formula is C44H34N4. The van der Waals surface area contributed by atoms with Gasteiger partial charge < -0.3 is 9.47 Å². The lowest BCUT2D eigenvalue weighted by molar-refractivity contribution is 0.203. The van der Waals surface area contributed by atoms with Crippen molar-refractivity contribution in [2.45, 2.75) is 18.5 Å². The average Bonchev–Trinajstić information content (AvgIpc) is 3.62. The van der Waals surface area contributed by atoms with Gasteiger partial charge in [0.1, 0.15) is 6.17 Å². The van der Waals surface area contributed by atoms with E-state index < -0.39 is 0 Å². The van der Waals surface area contributed by atoms with Gasteiger partial charge in [0.25, 0.3) is 0 Å². The van der Waals surface area contributed by atoms with Gasteiger partial charge in [-0.15, -0.1) is 0 Å². The van der Waals surface area contributed by atoms with Gasteiger partial charge in [-0.05, 0) is 90.3 Å². The van der Waals surface area contributed by atoms with Crippen LogP contribution in [0.25, 0.3) is 49.7 Å². The van der Waals surface area contributed by atoms with Crippen LogP contribution < -0.4 is 4.90 Å². The monoisotopic (exact) mass is 618 g/mol. The zero-order chi connectivity index (χ0) is 32.4. The second kappa shape index (κ2) is 10.8. The lowest BCUT2D eigenvalue weighted by atomic mass is 9.79. The Kier molecular flexibility index (Phi) is 6.40. The van der Waals surface area contributed by atoms with E-state index >= 15 is 0 Å². The fourth-order valence-electron chi connectivity index (χ4n) is 8.28. The normalized spacial score (nSPS) is 18.6. The first-order valence-corrected chi connectivity index (χ1v) is 16.6. The molecule has 230 valence electrons. The van der Waals surface area contributed by atoms with Crippen LogP contribution in [-0.4, -0.2) is 29.2 Å². The average molecular weight is 619 g/mol. The highest BCUT2D eigenvalue weighted by atomic mass is 15.4. The maximum absolute atomic E-state index is 9.46. The zero-order valence-electron chi connectivity index (χ0n) is 27.0. The largest absolute Gasteiger partial charge is 0.324 e. The van der Waals surface area contributed by atoms with Gasteiger partial charge in [-0.25, -0.2) is 0 Å². The number of benzene rings is 6. The third-order valence-corrected chi connectivity index (χ3v) is 10.4. The Morgan fingerprint density at radius 3 is 1.98 bits per heavy atom. The van der Waals surface area contributed by atoms with Crippen LogP contribution >= 0.6 is 0 Å². The van der Waals surface area contributed by atoms with Crippen molar-refractivity contribution in [3.63, 3.8) is 0 Å². The van der Waals surface area contributed by atoms with E-state index in [0.717, 1.165) is 40.2 Å². The van der Waals surface area contributed by atoms with Crippen molar-refractivity contribution in [1.29, 1.82) is 5.26 Å². The number of rotatable bonds is 4. The van der Waals surface area contributed by atoms with E-state index in [9.17, 15) is 5.26 Å². The molecule has 3 heterocycles. The molecule has 0 radical (unpaired) electrons. The molecule has 0 saturated heterocycles. The van der Waals surface area contributed by atoms with Gasteiger partial charge in [-0.1, -0.05) is 103 Å². The standard InChI is InChI=1S/C44H34N4/c1-44-24-11-25-46(2)43(44)48(42-19-10-7-16-39(42)44)34-27-32(36-13-4-3-12-35(36)31-22-20-30(29-45)21-23-31)26-33(28-34)47-40-17-8-5-14-37(40)38-15-6-9-18-41(38)47/h3-24,26-28,43H,25H2,1-2H3.